The number of ether oxygens (including phenoxy) is 1. The lowest BCUT2D eigenvalue weighted by atomic mass is 9.94. The molecule has 6 nitrogen and oxygen atoms in total. The molecule has 0 saturated carbocycles. The van der Waals surface area contributed by atoms with Crippen LogP contribution in [0.15, 0.2) is 24.3 Å². The van der Waals surface area contributed by atoms with Crippen LogP contribution in [0, 0.1) is 0 Å². The Kier molecular flexibility index (Phi) is 5.46. The van der Waals surface area contributed by atoms with E-state index in [4.69, 9.17) is 4.74 Å². The SMILES string of the molecule is CCCN1CCCN(C(=O)N[C@H](C)[C@@H]2COc3ccccc32)CC1=O. The first-order chi connectivity index (χ1) is 12.1. The van der Waals surface area contributed by atoms with Gasteiger partial charge >= 0.3 is 6.03 Å². The zero-order valence-corrected chi connectivity index (χ0v) is 15.0. The second-order valence-corrected chi connectivity index (χ2v) is 6.85. The third-order valence-electron chi connectivity index (χ3n) is 5.01. The van der Waals surface area contributed by atoms with E-state index in [1.165, 1.54) is 0 Å². The van der Waals surface area contributed by atoms with Gasteiger partial charge in [-0.25, -0.2) is 4.79 Å². The number of benzene rings is 1. The van der Waals surface area contributed by atoms with Crippen LogP contribution in [-0.2, 0) is 4.79 Å². The number of fused-ring (bicyclic) bond motifs is 1. The van der Waals surface area contributed by atoms with Crippen LogP contribution in [0.5, 0.6) is 5.75 Å². The summed E-state index contributed by atoms with van der Waals surface area (Å²) >= 11 is 0. The Hall–Kier alpha value is -2.24. The molecule has 1 N–H and O–H groups in total. The zero-order valence-electron chi connectivity index (χ0n) is 15.0. The summed E-state index contributed by atoms with van der Waals surface area (Å²) in [5, 5.41) is 3.06. The molecule has 3 rings (SSSR count). The van der Waals surface area contributed by atoms with Crippen LogP contribution in [0.2, 0.25) is 0 Å². The van der Waals surface area contributed by atoms with Gasteiger partial charge < -0.3 is 19.9 Å². The van der Waals surface area contributed by atoms with E-state index in [0.29, 0.717) is 13.2 Å². The van der Waals surface area contributed by atoms with Gasteiger partial charge in [-0.2, -0.15) is 0 Å². The monoisotopic (exact) mass is 345 g/mol. The normalized spacial score (nSPS) is 21.4. The lowest BCUT2D eigenvalue weighted by Gasteiger charge is -2.26. The van der Waals surface area contributed by atoms with Crippen molar-refractivity contribution in [3.8, 4) is 5.75 Å². The first-order valence-electron chi connectivity index (χ1n) is 9.15. The number of carbonyl (C=O) groups excluding carboxylic acids is 2. The lowest BCUT2D eigenvalue weighted by Crippen LogP contribution is -2.48. The van der Waals surface area contributed by atoms with Gasteiger partial charge in [0.15, 0.2) is 0 Å². The first kappa shape index (κ1) is 17.6. The van der Waals surface area contributed by atoms with E-state index in [1.54, 1.807) is 4.90 Å². The van der Waals surface area contributed by atoms with Crippen LogP contribution in [-0.4, -0.2) is 60.6 Å². The highest BCUT2D eigenvalue weighted by Crippen LogP contribution is 2.35. The van der Waals surface area contributed by atoms with Crippen molar-refractivity contribution in [3.05, 3.63) is 29.8 Å². The van der Waals surface area contributed by atoms with Crippen LogP contribution in [0.25, 0.3) is 0 Å². The molecule has 25 heavy (non-hydrogen) atoms. The molecule has 1 saturated heterocycles. The topological polar surface area (TPSA) is 61.9 Å². The van der Waals surface area contributed by atoms with E-state index in [1.807, 2.05) is 36.1 Å². The Morgan fingerprint density at radius 2 is 2.16 bits per heavy atom. The van der Waals surface area contributed by atoms with Crippen molar-refractivity contribution in [3.63, 3.8) is 0 Å². The Morgan fingerprint density at radius 1 is 1.36 bits per heavy atom. The minimum atomic E-state index is -0.163. The molecule has 2 aliphatic rings. The molecule has 2 aliphatic heterocycles. The molecular formula is C19H27N3O3. The van der Waals surface area contributed by atoms with Gasteiger partial charge in [0.25, 0.3) is 0 Å². The average molecular weight is 345 g/mol. The van der Waals surface area contributed by atoms with E-state index in [0.717, 1.165) is 37.2 Å². The Bertz CT molecular complexity index is 634. The second-order valence-electron chi connectivity index (χ2n) is 6.85. The summed E-state index contributed by atoms with van der Waals surface area (Å²) in [5.74, 6) is 1.07. The average Bonchev–Trinajstić information content (AvgIpc) is 2.95. The number of urea groups is 1. The van der Waals surface area contributed by atoms with E-state index in [2.05, 4.69) is 12.2 Å². The molecule has 1 fully saturated rings. The van der Waals surface area contributed by atoms with E-state index in [9.17, 15) is 9.59 Å². The van der Waals surface area contributed by atoms with Crippen LogP contribution < -0.4 is 10.1 Å². The number of hydrogen-bond donors (Lipinski definition) is 1. The molecule has 0 aromatic heterocycles. The molecule has 0 aliphatic carbocycles. The highest BCUT2D eigenvalue weighted by molar-refractivity contribution is 5.84. The van der Waals surface area contributed by atoms with Crippen LogP contribution in [0.1, 0.15) is 38.2 Å². The number of rotatable bonds is 4. The summed E-state index contributed by atoms with van der Waals surface area (Å²) < 4.78 is 5.71. The quantitative estimate of drug-likeness (QED) is 0.910. The fourth-order valence-electron chi connectivity index (χ4n) is 3.59. The van der Waals surface area contributed by atoms with Crippen LogP contribution in [0.4, 0.5) is 4.79 Å². The minimum Gasteiger partial charge on any atom is -0.493 e. The van der Waals surface area contributed by atoms with Crippen molar-refractivity contribution in [1.29, 1.82) is 0 Å². The molecule has 1 aromatic rings. The maximum atomic E-state index is 12.6. The number of amides is 3. The highest BCUT2D eigenvalue weighted by Gasteiger charge is 2.31. The Balaban J connectivity index is 1.59. The van der Waals surface area contributed by atoms with Crippen molar-refractivity contribution < 1.29 is 14.3 Å². The summed E-state index contributed by atoms with van der Waals surface area (Å²) in [6, 6.07) is 7.73. The number of nitrogens with zero attached hydrogens (tertiary/aromatic N) is 2. The smallest absolute Gasteiger partial charge is 0.318 e. The second kappa shape index (κ2) is 7.76. The molecule has 0 radical (unpaired) electrons. The summed E-state index contributed by atoms with van der Waals surface area (Å²) in [4.78, 5) is 28.4. The molecule has 6 heteroatoms. The van der Waals surface area contributed by atoms with E-state index < -0.39 is 0 Å². The van der Waals surface area contributed by atoms with Crippen molar-refractivity contribution in [1.82, 2.24) is 15.1 Å². The van der Waals surface area contributed by atoms with E-state index in [-0.39, 0.29) is 30.4 Å². The third-order valence-corrected chi connectivity index (χ3v) is 5.01. The van der Waals surface area contributed by atoms with Crippen molar-refractivity contribution in [2.75, 3.05) is 32.8 Å². The molecule has 2 atom stereocenters. The summed E-state index contributed by atoms with van der Waals surface area (Å²) in [6.07, 6.45) is 1.76. The third kappa shape index (κ3) is 3.89. The molecule has 0 unspecified atom stereocenters. The fourth-order valence-corrected chi connectivity index (χ4v) is 3.59. The largest absolute Gasteiger partial charge is 0.493 e. The van der Waals surface area contributed by atoms with Crippen LogP contribution in [0.3, 0.4) is 0 Å². The molecule has 0 spiro atoms. The summed E-state index contributed by atoms with van der Waals surface area (Å²) in [5.41, 5.74) is 1.14. The molecule has 2 heterocycles. The van der Waals surface area contributed by atoms with Crippen molar-refractivity contribution in [2.45, 2.75) is 38.6 Å². The van der Waals surface area contributed by atoms with Crippen LogP contribution >= 0.6 is 0 Å². The fraction of sp³-hybridized carbons (Fsp3) is 0.579. The summed E-state index contributed by atoms with van der Waals surface area (Å²) in [6.45, 7) is 6.90. The number of hydrogen-bond acceptors (Lipinski definition) is 3. The lowest BCUT2D eigenvalue weighted by molar-refractivity contribution is -0.130. The first-order valence-corrected chi connectivity index (χ1v) is 9.15. The standard InChI is InChI=1S/C19H27N3O3/c1-3-9-21-10-6-11-22(12-18(21)23)19(24)20-14(2)16-13-25-17-8-5-4-7-15(16)17/h4-5,7-8,14,16H,3,6,9-13H2,1-2H3,(H,20,24)/t14-,16+/m1/s1. The molecule has 0 bridgehead atoms. The molecule has 3 amide bonds. The van der Waals surface area contributed by atoms with Gasteiger partial charge in [0.1, 0.15) is 12.3 Å². The predicted octanol–water partition coefficient (Wildman–Crippen LogP) is 2.21. The van der Waals surface area contributed by atoms with Gasteiger partial charge in [-0.1, -0.05) is 25.1 Å². The van der Waals surface area contributed by atoms with Gasteiger partial charge in [0, 0.05) is 37.2 Å². The van der Waals surface area contributed by atoms with Crippen molar-refractivity contribution in [2.24, 2.45) is 0 Å². The zero-order chi connectivity index (χ0) is 17.8. The van der Waals surface area contributed by atoms with Gasteiger partial charge in [-0.3, -0.25) is 4.79 Å². The summed E-state index contributed by atoms with van der Waals surface area (Å²) in [7, 11) is 0. The van der Waals surface area contributed by atoms with Gasteiger partial charge in [0.05, 0.1) is 6.61 Å². The van der Waals surface area contributed by atoms with Gasteiger partial charge in [-0.15, -0.1) is 0 Å². The number of nitrogens with one attached hydrogen (secondary N) is 1. The highest BCUT2D eigenvalue weighted by atomic mass is 16.5. The van der Waals surface area contributed by atoms with Gasteiger partial charge in [0.2, 0.25) is 5.91 Å². The number of para-hydroxylation sites is 1. The maximum absolute atomic E-state index is 12.6. The molecular weight excluding hydrogens is 318 g/mol. The Morgan fingerprint density at radius 3 is 2.96 bits per heavy atom. The van der Waals surface area contributed by atoms with Gasteiger partial charge in [-0.05, 0) is 25.8 Å². The van der Waals surface area contributed by atoms with E-state index >= 15 is 0 Å². The minimum absolute atomic E-state index is 0.0386. The predicted molar refractivity (Wildman–Crippen MR) is 95.7 cm³/mol. The number of carbonyl (C=O) groups is 2. The Labute approximate surface area is 149 Å². The molecule has 136 valence electrons. The maximum Gasteiger partial charge on any atom is 0.318 e. The van der Waals surface area contributed by atoms with Crippen molar-refractivity contribution >= 4 is 11.9 Å². The molecule has 1 aromatic carbocycles.